The molecule has 1 heteroatoms. The van der Waals surface area contributed by atoms with Crippen LogP contribution in [-0.4, -0.2) is 4.98 Å². The lowest BCUT2D eigenvalue weighted by atomic mass is 9.68. The van der Waals surface area contributed by atoms with Gasteiger partial charge in [-0.3, -0.25) is 4.98 Å². The molecule has 0 aliphatic heterocycles. The minimum absolute atomic E-state index is 0.0189. The van der Waals surface area contributed by atoms with Crippen LogP contribution in [0.1, 0.15) is 25.0 Å². The van der Waals surface area contributed by atoms with Crippen LogP contribution in [0.25, 0.3) is 32.8 Å². The van der Waals surface area contributed by atoms with E-state index in [1.54, 1.807) is 0 Å². The lowest BCUT2D eigenvalue weighted by Gasteiger charge is -2.35. The quantitative estimate of drug-likeness (QED) is 0.406. The van der Waals surface area contributed by atoms with Crippen LogP contribution in [0, 0.1) is 0 Å². The van der Waals surface area contributed by atoms with Crippen molar-refractivity contribution in [3.63, 3.8) is 0 Å². The monoisotopic (exact) mass is 295 g/mol. The second kappa shape index (κ2) is 4.20. The van der Waals surface area contributed by atoms with E-state index in [0.29, 0.717) is 0 Å². The zero-order valence-electron chi connectivity index (χ0n) is 13.3. The molecule has 0 spiro atoms. The summed E-state index contributed by atoms with van der Waals surface area (Å²) in [6, 6.07) is 22.0. The van der Waals surface area contributed by atoms with E-state index < -0.39 is 0 Å². The summed E-state index contributed by atoms with van der Waals surface area (Å²) >= 11 is 0. The summed E-state index contributed by atoms with van der Waals surface area (Å²) in [6.45, 7) is 4.65. The van der Waals surface area contributed by atoms with Gasteiger partial charge in [0.15, 0.2) is 0 Å². The Hall–Kier alpha value is -2.67. The Morgan fingerprint density at radius 3 is 2.35 bits per heavy atom. The molecule has 0 fully saturated rings. The standard InChI is InChI=1S/C22H17N/c1-22(2)18-8-5-9-20-21(18)16(10-11-23-20)17-12-14-6-3-4-7-15(14)13-19(17)22/h3-13H,1-2H3. The van der Waals surface area contributed by atoms with Crippen LogP contribution >= 0.6 is 0 Å². The molecule has 5 rings (SSSR count). The molecule has 110 valence electrons. The zero-order valence-corrected chi connectivity index (χ0v) is 13.3. The number of hydrogen-bond donors (Lipinski definition) is 0. The highest BCUT2D eigenvalue weighted by atomic mass is 14.7. The van der Waals surface area contributed by atoms with Gasteiger partial charge in [0.05, 0.1) is 5.52 Å². The smallest absolute Gasteiger partial charge is 0.0711 e. The molecule has 0 amide bonds. The van der Waals surface area contributed by atoms with E-state index in [4.69, 9.17) is 0 Å². The van der Waals surface area contributed by atoms with Crippen molar-refractivity contribution in [3.05, 3.63) is 78.0 Å². The van der Waals surface area contributed by atoms with Gasteiger partial charge in [0.2, 0.25) is 0 Å². The summed E-state index contributed by atoms with van der Waals surface area (Å²) in [5, 5.41) is 3.91. The van der Waals surface area contributed by atoms with Crippen molar-refractivity contribution >= 4 is 21.7 Å². The van der Waals surface area contributed by atoms with Crippen molar-refractivity contribution in [2.45, 2.75) is 19.3 Å². The molecule has 4 aromatic rings. The lowest BCUT2D eigenvalue weighted by Crippen LogP contribution is -2.23. The third-order valence-electron chi connectivity index (χ3n) is 5.29. The van der Waals surface area contributed by atoms with Gasteiger partial charge in [-0.25, -0.2) is 0 Å². The fourth-order valence-corrected chi connectivity index (χ4v) is 4.08. The fourth-order valence-electron chi connectivity index (χ4n) is 4.08. The van der Waals surface area contributed by atoms with Crippen molar-refractivity contribution < 1.29 is 0 Å². The minimum Gasteiger partial charge on any atom is -0.256 e. The first-order valence-corrected chi connectivity index (χ1v) is 8.08. The summed E-state index contributed by atoms with van der Waals surface area (Å²) in [5.74, 6) is 0. The summed E-state index contributed by atoms with van der Waals surface area (Å²) < 4.78 is 0. The van der Waals surface area contributed by atoms with E-state index in [-0.39, 0.29) is 5.41 Å². The predicted octanol–water partition coefficient (Wildman–Crippen LogP) is 5.69. The molecule has 0 saturated carbocycles. The Bertz CT molecular complexity index is 1080. The molecule has 23 heavy (non-hydrogen) atoms. The highest BCUT2D eigenvalue weighted by Gasteiger charge is 2.33. The Balaban J connectivity index is 2.02. The van der Waals surface area contributed by atoms with Crippen LogP contribution in [0.4, 0.5) is 0 Å². The van der Waals surface area contributed by atoms with E-state index in [1.165, 1.54) is 38.4 Å². The summed E-state index contributed by atoms with van der Waals surface area (Å²) in [7, 11) is 0. The second-order valence-electron chi connectivity index (χ2n) is 6.93. The average molecular weight is 295 g/mol. The van der Waals surface area contributed by atoms with Gasteiger partial charge in [-0.15, -0.1) is 0 Å². The van der Waals surface area contributed by atoms with Crippen LogP contribution < -0.4 is 0 Å². The molecule has 3 aromatic carbocycles. The molecule has 1 heterocycles. The number of benzene rings is 3. The number of fused-ring (bicyclic) bond motifs is 3. The van der Waals surface area contributed by atoms with Gasteiger partial charge < -0.3 is 0 Å². The maximum absolute atomic E-state index is 4.59. The van der Waals surface area contributed by atoms with Crippen LogP contribution in [-0.2, 0) is 5.41 Å². The van der Waals surface area contributed by atoms with E-state index in [9.17, 15) is 0 Å². The lowest BCUT2D eigenvalue weighted by molar-refractivity contribution is 0.646. The minimum atomic E-state index is -0.0189. The summed E-state index contributed by atoms with van der Waals surface area (Å²) in [5.41, 5.74) is 6.51. The number of hydrogen-bond acceptors (Lipinski definition) is 1. The highest BCUT2D eigenvalue weighted by molar-refractivity contribution is 6.04. The van der Waals surface area contributed by atoms with Crippen LogP contribution in [0.15, 0.2) is 66.9 Å². The van der Waals surface area contributed by atoms with Gasteiger partial charge in [-0.2, -0.15) is 0 Å². The number of aromatic nitrogens is 1. The zero-order chi connectivity index (χ0) is 15.6. The molecule has 1 aliphatic rings. The van der Waals surface area contributed by atoms with E-state index in [2.05, 4.69) is 79.5 Å². The predicted molar refractivity (Wildman–Crippen MR) is 96.8 cm³/mol. The fraction of sp³-hybridized carbons (Fsp3) is 0.136. The van der Waals surface area contributed by atoms with Gasteiger partial charge in [-0.05, 0) is 57.3 Å². The van der Waals surface area contributed by atoms with Crippen LogP contribution in [0.3, 0.4) is 0 Å². The first-order valence-electron chi connectivity index (χ1n) is 8.08. The first kappa shape index (κ1) is 12.8. The average Bonchev–Trinajstić information content (AvgIpc) is 2.58. The summed E-state index contributed by atoms with van der Waals surface area (Å²) in [6.07, 6.45) is 1.93. The Morgan fingerprint density at radius 2 is 1.52 bits per heavy atom. The maximum atomic E-state index is 4.59. The number of rotatable bonds is 0. The number of pyridine rings is 1. The highest BCUT2D eigenvalue weighted by Crippen LogP contribution is 2.48. The molecule has 1 nitrogen and oxygen atoms in total. The van der Waals surface area contributed by atoms with Crippen molar-refractivity contribution in [1.82, 2.24) is 4.98 Å². The molecule has 0 unspecified atom stereocenters. The van der Waals surface area contributed by atoms with Gasteiger partial charge in [0.1, 0.15) is 0 Å². The molecular formula is C22H17N. The maximum Gasteiger partial charge on any atom is 0.0711 e. The van der Waals surface area contributed by atoms with Crippen molar-refractivity contribution in [1.29, 1.82) is 0 Å². The molecular weight excluding hydrogens is 278 g/mol. The van der Waals surface area contributed by atoms with E-state index in [1.807, 2.05) is 6.20 Å². The topological polar surface area (TPSA) is 12.9 Å². The van der Waals surface area contributed by atoms with Gasteiger partial charge >= 0.3 is 0 Å². The first-order chi connectivity index (χ1) is 11.2. The van der Waals surface area contributed by atoms with Crippen molar-refractivity contribution in [3.8, 4) is 11.1 Å². The Kier molecular flexibility index (Phi) is 2.34. The molecule has 0 saturated heterocycles. The SMILES string of the molecule is CC1(C)c2cc3ccccc3cc2-c2ccnc3cccc1c23. The third-order valence-corrected chi connectivity index (χ3v) is 5.29. The molecule has 0 radical (unpaired) electrons. The summed E-state index contributed by atoms with van der Waals surface area (Å²) in [4.78, 5) is 4.59. The molecule has 0 bridgehead atoms. The molecule has 0 atom stereocenters. The molecule has 1 aromatic heterocycles. The Labute approximate surface area is 135 Å². The Morgan fingerprint density at radius 1 is 0.739 bits per heavy atom. The second-order valence-corrected chi connectivity index (χ2v) is 6.93. The largest absolute Gasteiger partial charge is 0.256 e. The van der Waals surface area contributed by atoms with Gasteiger partial charge in [0, 0.05) is 17.0 Å². The van der Waals surface area contributed by atoms with Gasteiger partial charge in [-0.1, -0.05) is 50.2 Å². The van der Waals surface area contributed by atoms with Crippen molar-refractivity contribution in [2.24, 2.45) is 0 Å². The van der Waals surface area contributed by atoms with E-state index in [0.717, 1.165) is 5.52 Å². The molecule has 1 aliphatic carbocycles. The van der Waals surface area contributed by atoms with Gasteiger partial charge in [0.25, 0.3) is 0 Å². The number of nitrogens with zero attached hydrogens (tertiary/aromatic N) is 1. The van der Waals surface area contributed by atoms with E-state index >= 15 is 0 Å². The van der Waals surface area contributed by atoms with Crippen LogP contribution in [0.5, 0.6) is 0 Å². The van der Waals surface area contributed by atoms with Crippen LogP contribution in [0.2, 0.25) is 0 Å². The van der Waals surface area contributed by atoms with Crippen molar-refractivity contribution in [2.75, 3.05) is 0 Å². The third kappa shape index (κ3) is 1.60. The normalized spacial score (nSPS) is 14.9. The molecule has 0 N–H and O–H groups in total.